The van der Waals surface area contributed by atoms with Crippen LogP contribution in [0.25, 0.3) is 0 Å². The first-order valence-electron chi connectivity index (χ1n) is 4.58. The van der Waals surface area contributed by atoms with Gasteiger partial charge < -0.3 is 5.32 Å². The molecule has 0 fully saturated rings. The highest BCUT2D eigenvalue weighted by Crippen LogP contribution is 2.39. The first kappa shape index (κ1) is 14.3. The Kier molecular flexibility index (Phi) is 3.59. The third-order valence-corrected chi connectivity index (χ3v) is 1.96. The Morgan fingerprint density at radius 3 is 2.00 bits per heavy atom. The molecule has 1 aromatic carbocycles. The molecule has 0 unspecified atom stereocenters. The van der Waals surface area contributed by atoms with Crippen LogP contribution in [0.1, 0.15) is 18.1 Å². The van der Waals surface area contributed by atoms with E-state index in [4.69, 9.17) is 0 Å². The fourth-order valence-corrected chi connectivity index (χ4v) is 1.25. The van der Waals surface area contributed by atoms with Crippen LogP contribution in [0.15, 0.2) is 18.2 Å². The average molecular weight is 271 g/mol. The maximum atomic E-state index is 12.5. The SMILES string of the molecule is CC(=O)Nc1ccc(C(F)(F)F)cc1C(F)(F)F. The molecule has 0 heterocycles. The lowest BCUT2D eigenvalue weighted by molar-refractivity contribution is -0.142. The molecule has 0 atom stereocenters. The monoisotopic (exact) mass is 271 g/mol. The summed E-state index contributed by atoms with van der Waals surface area (Å²) in [5.41, 5.74) is -3.67. The average Bonchev–Trinajstić information content (AvgIpc) is 2.13. The highest BCUT2D eigenvalue weighted by Gasteiger charge is 2.38. The second kappa shape index (κ2) is 4.51. The first-order chi connectivity index (χ1) is 8.01. The van der Waals surface area contributed by atoms with Gasteiger partial charge in [-0.2, -0.15) is 26.3 Å². The Labute approximate surface area is 97.6 Å². The number of rotatable bonds is 1. The van der Waals surface area contributed by atoms with Crippen LogP contribution in [-0.2, 0) is 17.1 Å². The van der Waals surface area contributed by atoms with E-state index in [9.17, 15) is 31.1 Å². The molecule has 0 radical (unpaired) electrons. The lowest BCUT2D eigenvalue weighted by Gasteiger charge is -2.15. The van der Waals surface area contributed by atoms with Crippen LogP contribution in [0.3, 0.4) is 0 Å². The van der Waals surface area contributed by atoms with E-state index in [1.165, 1.54) is 0 Å². The molecule has 0 aliphatic rings. The molecule has 0 saturated carbocycles. The van der Waals surface area contributed by atoms with Gasteiger partial charge in [-0.05, 0) is 18.2 Å². The highest BCUT2D eigenvalue weighted by molar-refractivity contribution is 5.89. The van der Waals surface area contributed by atoms with Crippen LogP contribution < -0.4 is 5.32 Å². The molecule has 0 aromatic heterocycles. The Bertz CT molecular complexity index is 462. The number of benzene rings is 1. The number of carbonyl (C=O) groups excluding carboxylic acids is 1. The Balaban J connectivity index is 3.34. The van der Waals surface area contributed by atoms with Crippen LogP contribution in [0.5, 0.6) is 0 Å². The van der Waals surface area contributed by atoms with Gasteiger partial charge in [0.1, 0.15) is 0 Å². The molecule has 1 rings (SSSR count). The maximum Gasteiger partial charge on any atom is 0.418 e. The van der Waals surface area contributed by atoms with Crippen molar-refractivity contribution in [2.24, 2.45) is 0 Å². The number of anilines is 1. The van der Waals surface area contributed by atoms with Crippen molar-refractivity contribution < 1.29 is 31.1 Å². The lowest BCUT2D eigenvalue weighted by atomic mass is 10.1. The molecule has 2 nitrogen and oxygen atoms in total. The van der Waals surface area contributed by atoms with Crippen molar-refractivity contribution in [1.29, 1.82) is 0 Å². The van der Waals surface area contributed by atoms with Crippen molar-refractivity contribution in [3.05, 3.63) is 29.3 Å². The molecule has 1 N–H and O–H groups in total. The van der Waals surface area contributed by atoms with E-state index >= 15 is 0 Å². The number of nitrogens with one attached hydrogen (secondary N) is 1. The van der Waals surface area contributed by atoms with Crippen molar-refractivity contribution in [2.75, 3.05) is 5.32 Å². The minimum absolute atomic E-state index is 0.0364. The topological polar surface area (TPSA) is 29.1 Å². The van der Waals surface area contributed by atoms with E-state index in [-0.39, 0.29) is 6.07 Å². The van der Waals surface area contributed by atoms with Crippen LogP contribution in [0.2, 0.25) is 0 Å². The zero-order valence-corrected chi connectivity index (χ0v) is 8.91. The largest absolute Gasteiger partial charge is 0.418 e. The van der Waals surface area contributed by atoms with Crippen LogP contribution in [0, 0.1) is 0 Å². The molecule has 0 aliphatic carbocycles. The summed E-state index contributed by atoms with van der Waals surface area (Å²) < 4.78 is 74.5. The summed E-state index contributed by atoms with van der Waals surface area (Å²) in [5, 5.41) is 1.83. The second-order valence-corrected chi connectivity index (χ2v) is 3.44. The minimum atomic E-state index is -4.99. The standard InChI is InChI=1S/C10H7F6NO/c1-5(18)17-8-3-2-6(9(11,12)13)4-7(8)10(14,15)16/h2-4H,1H3,(H,17,18). The van der Waals surface area contributed by atoms with Gasteiger partial charge in [0.25, 0.3) is 0 Å². The summed E-state index contributed by atoms with van der Waals surface area (Å²) >= 11 is 0. The predicted octanol–water partition coefficient (Wildman–Crippen LogP) is 3.68. The van der Waals surface area contributed by atoms with Crippen molar-refractivity contribution in [3.8, 4) is 0 Å². The van der Waals surface area contributed by atoms with Gasteiger partial charge in [0.15, 0.2) is 0 Å². The maximum absolute atomic E-state index is 12.5. The van der Waals surface area contributed by atoms with E-state index in [2.05, 4.69) is 0 Å². The summed E-state index contributed by atoms with van der Waals surface area (Å²) in [6, 6.07) is 1.01. The number of hydrogen-bond donors (Lipinski definition) is 1. The summed E-state index contributed by atoms with van der Waals surface area (Å²) in [6.07, 6.45) is -9.87. The van der Waals surface area contributed by atoms with Crippen molar-refractivity contribution >= 4 is 11.6 Å². The molecule has 0 spiro atoms. The second-order valence-electron chi connectivity index (χ2n) is 3.44. The highest BCUT2D eigenvalue weighted by atomic mass is 19.4. The summed E-state index contributed by atoms with van der Waals surface area (Å²) in [5.74, 6) is -0.805. The molecule has 100 valence electrons. The Morgan fingerprint density at radius 1 is 1.06 bits per heavy atom. The molecule has 1 aromatic rings. The van der Waals surface area contributed by atoms with E-state index < -0.39 is 35.1 Å². The van der Waals surface area contributed by atoms with Gasteiger partial charge in [0, 0.05) is 6.92 Å². The van der Waals surface area contributed by atoms with Gasteiger partial charge >= 0.3 is 12.4 Å². The van der Waals surface area contributed by atoms with Gasteiger partial charge in [0.05, 0.1) is 16.8 Å². The molecular weight excluding hydrogens is 264 g/mol. The minimum Gasteiger partial charge on any atom is -0.326 e. The van der Waals surface area contributed by atoms with Crippen LogP contribution in [-0.4, -0.2) is 5.91 Å². The van der Waals surface area contributed by atoms with Gasteiger partial charge in [-0.1, -0.05) is 0 Å². The van der Waals surface area contributed by atoms with Gasteiger partial charge in [-0.3, -0.25) is 4.79 Å². The number of halogens is 6. The number of amides is 1. The number of carbonyl (C=O) groups is 1. The normalized spacial score (nSPS) is 12.4. The third-order valence-electron chi connectivity index (χ3n) is 1.96. The van der Waals surface area contributed by atoms with E-state index in [1.54, 1.807) is 0 Å². The summed E-state index contributed by atoms with van der Waals surface area (Å²) in [6.45, 7) is 0.956. The van der Waals surface area contributed by atoms with Crippen molar-refractivity contribution in [1.82, 2.24) is 0 Å². The number of alkyl halides is 6. The molecule has 0 aliphatic heterocycles. The molecule has 18 heavy (non-hydrogen) atoms. The quantitative estimate of drug-likeness (QED) is 0.775. The third kappa shape index (κ3) is 3.38. The number of hydrogen-bond acceptors (Lipinski definition) is 1. The molecule has 1 amide bonds. The summed E-state index contributed by atoms with van der Waals surface area (Å²) in [4.78, 5) is 10.7. The van der Waals surface area contributed by atoms with Gasteiger partial charge in [-0.25, -0.2) is 0 Å². The van der Waals surface area contributed by atoms with E-state index in [1.807, 2.05) is 5.32 Å². The van der Waals surface area contributed by atoms with Gasteiger partial charge in [-0.15, -0.1) is 0 Å². The first-order valence-corrected chi connectivity index (χ1v) is 4.58. The van der Waals surface area contributed by atoms with Crippen molar-refractivity contribution in [3.63, 3.8) is 0 Å². The van der Waals surface area contributed by atoms with E-state index in [0.717, 1.165) is 6.92 Å². The lowest BCUT2D eigenvalue weighted by Crippen LogP contribution is -2.16. The molecule has 0 saturated heterocycles. The Hall–Kier alpha value is -1.73. The van der Waals surface area contributed by atoms with Crippen molar-refractivity contribution in [2.45, 2.75) is 19.3 Å². The zero-order valence-electron chi connectivity index (χ0n) is 8.91. The summed E-state index contributed by atoms with van der Waals surface area (Å²) in [7, 11) is 0. The van der Waals surface area contributed by atoms with Crippen LogP contribution in [0.4, 0.5) is 32.0 Å². The zero-order chi connectivity index (χ0) is 14.1. The smallest absolute Gasteiger partial charge is 0.326 e. The van der Waals surface area contributed by atoms with E-state index in [0.29, 0.717) is 12.1 Å². The van der Waals surface area contributed by atoms with Gasteiger partial charge in [0.2, 0.25) is 5.91 Å². The Morgan fingerprint density at radius 2 is 1.61 bits per heavy atom. The molecule has 0 bridgehead atoms. The molecular formula is C10H7F6NO. The molecule has 8 heteroatoms. The van der Waals surface area contributed by atoms with Crippen LogP contribution >= 0.6 is 0 Å². The predicted molar refractivity (Wildman–Crippen MR) is 50.7 cm³/mol. The fourth-order valence-electron chi connectivity index (χ4n) is 1.25. The fraction of sp³-hybridized carbons (Fsp3) is 0.300.